The fourth-order valence-corrected chi connectivity index (χ4v) is 13.5. The van der Waals surface area contributed by atoms with Crippen molar-refractivity contribution in [1.82, 2.24) is 9.13 Å². The molecule has 0 fully saturated rings. The van der Waals surface area contributed by atoms with Gasteiger partial charge in [-0.15, -0.1) is 22.7 Å². The van der Waals surface area contributed by atoms with Gasteiger partial charge in [0.15, 0.2) is 0 Å². The first-order valence-corrected chi connectivity index (χ1v) is 24.2. The smallest absolute Gasteiger partial charge is 0.220 e. The van der Waals surface area contributed by atoms with Gasteiger partial charge in [0.25, 0.3) is 0 Å². The van der Waals surface area contributed by atoms with Crippen LogP contribution in [0.15, 0.2) is 206 Å². The molecule has 0 amide bonds. The molecular formula is C62H34N4S2. The van der Waals surface area contributed by atoms with Gasteiger partial charge < -0.3 is 9.13 Å². The average molecular weight is 899 g/mol. The van der Waals surface area contributed by atoms with E-state index < -0.39 is 0 Å². The lowest BCUT2D eigenvalue weighted by atomic mass is 9.85. The molecule has 4 heterocycles. The second-order valence-corrected chi connectivity index (χ2v) is 19.4. The third-order valence-corrected chi connectivity index (χ3v) is 16.2. The van der Waals surface area contributed by atoms with Crippen molar-refractivity contribution in [2.75, 3.05) is 0 Å². The summed E-state index contributed by atoms with van der Waals surface area (Å²) in [6, 6.07) is 75.4. The molecule has 0 N–H and O–H groups in total. The van der Waals surface area contributed by atoms with E-state index in [4.69, 9.17) is 4.85 Å². The molecule has 6 heteroatoms. The lowest BCUT2D eigenvalue weighted by Gasteiger charge is -2.26. The maximum atomic E-state index is 12.1. The van der Waals surface area contributed by atoms with Crippen LogP contribution in [0.2, 0.25) is 0 Å². The fraction of sp³-hybridized carbons (Fsp3) is 0. The molecule has 0 unspecified atom stereocenters. The van der Waals surface area contributed by atoms with Crippen molar-refractivity contribution < 1.29 is 0 Å². The number of hydrogen-bond donors (Lipinski definition) is 0. The molecule has 68 heavy (non-hydrogen) atoms. The minimum atomic E-state index is 0.420. The van der Waals surface area contributed by atoms with E-state index in [2.05, 4.69) is 185 Å². The van der Waals surface area contributed by atoms with Crippen LogP contribution in [0.3, 0.4) is 0 Å². The van der Waals surface area contributed by atoms with Crippen LogP contribution in [0.5, 0.6) is 0 Å². The SMILES string of the molecule is [C-]#[N+]c1c(-c2ccccc2-c2ccccc2)c(C#N)c(-n2c3ccccc3c3ccccc32)c(-c2ccccc2)c1-n1c2c(ccc3c4ccccc4sc32)c2ccc3c4ccccc4sc3c21. The van der Waals surface area contributed by atoms with E-state index in [9.17, 15) is 11.8 Å². The Labute approximate surface area is 398 Å². The molecule has 0 aliphatic carbocycles. The van der Waals surface area contributed by atoms with Crippen molar-refractivity contribution in [3.05, 3.63) is 223 Å². The summed E-state index contributed by atoms with van der Waals surface area (Å²) >= 11 is 3.60. The molecule has 0 radical (unpaired) electrons. The summed E-state index contributed by atoms with van der Waals surface area (Å²) in [5.74, 6) is 0. The first-order chi connectivity index (χ1) is 33.7. The topological polar surface area (TPSA) is 38.0 Å². The van der Waals surface area contributed by atoms with Crippen LogP contribution in [0, 0.1) is 17.9 Å². The number of thiophene rings is 2. The standard InChI is InChI=1S/C62H34N4S2/c1-64-56-55(44-27-9-8-22-39(44)37-18-4-2-5-19-37)49(36-63)57(65-50-28-14-10-23-40(50)41-24-11-15-29-51(41)65)54(38-20-6-3-7-21-38)60(56)66-58-45(32-34-47-42-25-12-16-30-52(42)67-61(47)58)46-33-35-48-43-26-13-17-31-53(43)68-62(48)59(46)66/h2-35H. The zero-order valence-corrected chi connectivity index (χ0v) is 37.9. The van der Waals surface area contributed by atoms with Crippen molar-refractivity contribution in [1.29, 1.82) is 5.26 Å². The minimum Gasteiger partial charge on any atom is -0.316 e. The van der Waals surface area contributed by atoms with Crippen LogP contribution in [0.1, 0.15) is 5.56 Å². The zero-order valence-electron chi connectivity index (χ0n) is 36.2. The highest BCUT2D eigenvalue weighted by Gasteiger charge is 2.33. The highest BCUT2D eigenvalue weighted by molar-refractivity contribution is 7.27. The molecule has 314 valence electrons. The second-order valence-electron chi connectivity index (χ2n) is 17.3. The summed E-state index contributed by atoms with van der Waals surface area (Å²) in [5, 5.41) is 21.2. The first kappa shape index (κ1) is 38.5. The highest BCUT2D eigenvalue weighted by Crippen LogP contribution is 2.55. The number of rotatable bonds is 5. The first-order valence-electron chi connectivity index (χ1n) is 22.6. The molecule has 0 saturated heterocycles. The Kier molecular flexibility index (Phi) is 8.42. The molecular weight excluding hydrogens is 865 g/mol. The Morgan fingerprint density at radius 1 is 0.397 bits per heavy atom. The van der Waals surface area contributed by atoms with Crippen LogP contribution in [-0.2, 0) is 0 Å². The number of para-hydroxylation sites is 2. The van der Waals surface area contributed by atoms with Gasteiger partial charge in [0.1, 0.15) is 6.07 Å². The van der Waals surface area contributed by atoms with Gasteiger partial charge in [-0.1, -0.05) is 182 Å². The van der Waals surface area contributed by atoms with Gasteiger partial charge in [-0.25, -0.2) is 4.85 Å². The maximum Gasteiger partial charge on any atom is 0.220 e. The van der Waals surface area contributed by atoms with E-state index in [1.54, 1.807) is 22.7 Å². The van der Waals surface area contributed by atoms with Gasteiger partial charge in [-0.2, -0.15) is 5.26 Å². The summed E-state index contributed by atoms with van der Waals surface area (Å²) in [6.07, 6.45) is 0. The molecule has 0 bridgehead atoms. The largest absolute Gasteiger partial charge is 0.316 e. The number of benzene rings is 10. The summed E-state index contributed by atoms with van der Waals surface area (Å²) in [6.45, 7) is 9.61. The molecule has 0 atom stereocenters. The number of fused-ring (bicyclic) bond motifs is 14. The lowest BCUT2D eigenvalue weighted by molar-refractivity contribution is 1.14. The number of aromatic nitrogens is 2. The Hall–Kier alpha value is -8.78. The quantitative estimate of drug-likeness (QED) is 0.159. The van der Waals surface area contributed by atoms with Gasteiger partial charge in [-0.3, -0.25) is 0 Å². The van der Waals surface area contributed by atoms with Gasteiger partial charge in [-0.05, 0) is 46.5 Å². The summed E-state index contributed by atoms with van der Waals surface area (Å²) < 4.78 is 9.46. The second kappa shape index (κ2) is 14.9. The fourth-order valence-electron chi connectivity index (χ4n) is 11.0. The van der Waals surface area contributed by atoms with Crippen molar-refractivity contribution in [2.45, 2.75) is 0 Å². The third kappa shape index (κ3) is 5.33. The summed E-state index contributed by atoms with van der Waals surface area (Å²) in [7, 11) is 0. The predicted octanol–water partition coefficient (Wildman–Crippen LogP) is 18.0. The summed E-state index contributed by atoms with van der Waals surface area (Å²) in [5.41, 5.74) is 11.5. The highest BCUT2D eigenvalue weighted by atomic mass is 32.1. The molecule has 14 aromatic rings. The molecule has 4 aromatic heterocycles. The average Bonchev–Trinajstić information content (AvgIpc) is 4.16. The molecule has 0 spiro atoms. The lowest BCUT2D eigenvalue weighted by Crippen LogP contribution is -2.09. The van der Waals surface area contributed by atoms with Gasteiger partial charge in [0.2, 0.25) is 5.69 Å². The van der Waals surface area contributed by atoms with Crippen LogP contribution < -0.4 is 0 Å². The number of nitrogens with zero attached hydrogens (tertiary/aromatic N) is 4. The third-order valence-electron chi connectivity index (χ3n) is 13.8. The molecule has 4 nitrogen and oxygen atoms in total. The molecule has 0 aliphatic heterocycles. The molecule has 14 rings (SSSR count). The van der Waals surface area contributed by atoms with Gasteiger partial charge in [0, 0.05) is 63.6 Å². The minimum absolute atomic E-state index is 0.420. The van der Waals surface area contributed by atoms with Crippen molar-refractivity contribution >= 4 is 112 Å². The molecule has 0 saturated carbocycles. The molecule has 10 aromatic carbocycles. The van der Waals surface area contributed by atoms with E-state index >= 15 is 0 Å². The normalized spacial score (nSPS) is 11.8. The van der Waals surface area contributed by atoms with E-state index in [-0.39, 0.29) is 0 Å². The Morgan fingerprint density at radius 3 is 1.40 bits per heavy atom. The van der Waals surface area contributed by atoms with Crippen LogP contribution in [0.25, 0.3) is 134 Å². The van der Waals surface area contributed by atoms with Crippen LogP contribution in [0.4, 0.5) is 5.69 Å². The van der Waals surface area contributed by atoms with Crippen molar-refractivity contribution in [3.63, 3.8) is 0 Å². The van der Waals surface area contributed by atoms with Gasteiger partial charge >= 0.3 is 0 Å². The monoisotopic (exact) mass is 898 g/mol. The van der Waals surface area contributed by atoms with E-state index in [0.717, 1.165) is 92.2 Å². The number of hydrogen-bond acceptors (Lipinski definition) is 3. The zero-order chi connectivity index (χ0) is 45.0. The van der Waals surface area contributed by atoms with E-state index in [1.165, 1.54) is 30.9 Å². The Balaban J connectivity index is 1.31. The predicted molar refractivity (Wildman–Crippen MR) is 288 cm³/mol. The van der Waals surface area contributed by atoms with E-state index in [1.807, 2.05) is 36.4 Å². The number of nitriles is 1. The molecule has 0 aliphatic rings. The van der Waals surface area contributed by atoms with E-state index in [0.29, 0.717) is 16.8 Å². The van der Waals surface area contributed by atoms with Gasteiger partial charge in [0.05, 0.1) is 55.0 Å². The summed E-state index contributed by atoms with van der Waals surface area (Å²) in [4.78, 5) is 4.71. The van der Waals surface area contributed by atoms with Crippen LogP contribution in [-0.4, -0.2) is 9.13 Å². The maximum absolute atomic E-state index is 12.1. The Bertz CT molecular complexity index is 4330. The Morgan fingerprint density at radius 2 is 0.853 bits per heavy atom. The van der Waals surface area contributed by atoms with Crippen molar-refractivity contribution in [3.8, 4) is 50.8 Å². The van der Waals surface area contributed by atoms with Crippen LogP contribution >= 0.6 is 22.7 Å². The van der Waals surface area contributed by atoms with Crippen molar-refractivity contribution in [2.24, 2.45) is 0 Å².